The van der Waals surface area contributed by atoms with Gasteiger partial charge in [0.15, 0.2) is 0 Å². The Balaban J connectivity index is 2.00. The maximum absolute atomic E-state index is 12.1. The van der Waals surface area contributed by atoms with Gasteiger partial charge in [-0.1, -0.05) is 38.1 Å². The van der Waals surface area contributed by atoms with E-state index in [0.29, 0.717) is 10.4 Å². The lowest BCUT2D eigenvalue weighted by Crippen LogP contribution is -2.25. The highest BCUT2D eigenvalue weighted by Crippen LogP contribution is 2.38. The highest BCUT2D eigenvalue weighted by Gasteiger charge is 2.29. The zero-order chi connectivity index (χ0) is 14.3. The second-order valence-electron chi connectivity index (χ2n) is 5.77. The number of nitrogens with zero attached hydrogens (tertiary/aromatic N) is 1. The first kappa shape index (κ1) is 13.6. The summed E-state index contributed by atoms with van der Waals surface area (Å²) in [6.07, 6.45) is 1.77. The fourth-order valence-corrected chi connectivity index (χ4v) is 3.06. The Kier molecular flexibility index (Phi) is 3.50. The molecule has 1 aliphatic carbocycles. The molecule has 1 aromatic heterocycles. The second-order valence-corrected chi connectivity index (χ2v) is 6.56. The van der Waals surface area contributed by atoms with E-state index in [1.165, 1.54) is 11.1 Å². The van der Waals surface area contributed by atoms with Crippen LogP contribution in [0.2, 0.25) is 0 Å². The third-order valence-corrected chi connectivity index (χ3v) is 4.55. The molecule has 2 aromatic rings. The van der Waals surface area contributed by atoms with E-state index in [0.717, 1.165) is 24.4 Å². The lowest BCUT2D eigenvalue weighted by molar-refractivity contribution is 0.606. The highest BCUT2D eigenvalue weighted by atomic mass is 79.9. The number of fused-ring (bicyclic) bond motifs is 1. The zero-order valence-electron chi connectivity index (χ0n) is 11.6. The Hall–Kier alpha value is -1.42. The van der Waals surface area contributed by atoms with Crippen molar-refractivity contribution in [3.63, 3.8) is 0 Å². The first-order valence-electron chi connectivity index (χ1n) is 6.92. The summed E-state index contributed by atoms with van der Waals surface area (Å²) < 4.78 is 0.572. The van der Waals surface area contributed by atoms with Gasteiger partial charge < -0.3 is 4.98 Å². The van der Waals surface area contributed by atoms with Gasteiger partial charge >= 0.3 is 0 Å². The van der Waals surface area contributed by atoms with E-state index in [1.54, 1.807) is 0 Å². The maximum atomic E-state index is 12.1. The fourth-order valence-electron chi connectivity index (χ4n) is 2.71. The molecule has 3 nitrogen and oxygen atoms in total. The summed E-state index contributed by atoms with van der Waals surface area (Å²) in [4.78, 5) is 19.7. The molecule has 1 N–H and O–H groups in total. The number of aromatic nitrogens is 2. The molecule has 20 heavy (non-hydrogen) atoms. The molecule has 1 heterocycles. The van der Waals surface area contributed by atoms with Crippen LogP contribution in [0.4, 0.5) is 0 Å². The van der Waals surface area contributed by atoms with E-state index in [2.05, 4.69) is 53.0 Å². The van der Waals surface area contributed by atoms with E-state index < -0.39 is 0 Å². The lowest BCUT2D eigenvalue weighted by Gasteiger charge is -2.29. The number of benzene rings is 1. The van der Waals surface area contributed by atoms with Gasteiger partial charge in [-0.25, -0.2) is 4.98 Å². The summed E-state index contributed by atoms with van der Waals surface area (Å²) in [6, 6.07) is 8.35. The number of halogens is 1. The van der Waals surface area contributed by atoms with Crippen molar-refractivity contribution in [2.24, 2.45) is 5.92 Å². The smallest absolute Gasteiger partial charge is 0.265 e. The van der Waals surface area contributed by atoms with E-state index in [1.807, 2.05) is 6.07 Å². The van der Waals surface area contributed by atoms with Crippen LogP contribution in [0.3, 0.4) is 0 Å². The molecule has 1 aromatic carbocycles. The minimum absolute atomic E-state index is 0.0740. The van der Waals surface area contributed by atoms with Crippen molar-refractivity contribution in [2.75, 3.05) is 0 Å². The molecule has 0 fully saturated rings. The molecule has 104 valence electrons. The molecule has 3 rings (SSSR count). The van der Waals surface area contributed by atoms with Gasteiger partial charge in [0, 0.05) is 5.92 Å². The van der Waals surface area contributed by atoms with Crippen molar-refractivity contribution in [3.05, 3.63) is 61.7 Å². The van der Waals surface area contributed by atoms with Crippen LogP contribution in [0.15, 0.2) is 33.5 Å². The van der Waals surface area contributed by atoms with Crippen molar-refractivity contribution >= 4 is 15.9 Å². The summed E-state index contributed by atoms with van der Waals surface area (Å²) in [6.45, 7) is 4.27. The second kappa shape index (κ2) is 5.17. The predicted molar refractivity (Wildman–Crippen MR) is 83.1 cm³/mol. The van der Waals surface area contributed by atoms with Crippen molar-refractivity contribution in [3.8, 4) is 0 Å². The minimum atomic E-state index is -0.0740. The molecule has 0 aliphatic heterocycles. The molecule has 0 spiro atoms. The summed E-state index contributed by atoms with van der Waals surface area (Å²) >= 11 is 3.36. The van der Waals surface area contributed by atoms with Crippen LogP contribution in [0.25, 0.3) is 0 Å². The van der Waals surface area contributed by atoms with E-state index in [9.17, 15) is 4.79 Å². The molecular weight excluding hydrogens is 316 g/mol. The van der Waals surface area contributed by atoms with E-state index in [-0.39, 0.29) is 11.5 Å². The van der Waals surface area contributed by atoms with Crippen LogP contribution in [0.1, 0.15) is 42.4 Å². The number of hydrogen-bond acceptors (Lipinski definition) is 2. The highest BCUT2D eigenvalue weighted by molar-refractivity contribution is 9.10. The van der Waals surface area contributed by atoms with Crippen LogP contribution in [-0.4, -0.2) is 9.97 Å². The largest absolute Gasteiger partial charge is 0.309 e. The average molecular weight is 333 g/mol. The minimum Gasteiger partial charge on any atom is -0.309 e. The molecule has 0 radical (unpaired) electrons. The Bertz CT molecular complexity index is 706. The van der Waals surface area contributed by atoms with Gasteiger partial charge in [0.2, 0.25) is 0 Å². The van der Waals surface area contributed by atoms with Gasteiger partial charge in [-0.2, -0.15) is 0 Å². The number of nitrogens with one attached hydrogen (secondary N) is 1. The average Bonchev–Trinajstić information content (AvgIpc) is 2.36. The maximum Gasteiger partial charge on any atom is 0.265 e. The Morgan fingerprint density at radius 2 is 2.15 bits per heavy atom. The van der Waals surface area contributed by atoms with Crippen LogP contribution < -0.4 is 5.56 Å². The molecule has 1 atom stereocenters. The Labute approximate surface area is 126 Å². The van der Waals surface area contributed by atoms with E-state index >= 15 is 0 Å². The molecule has 0 saturated carbocycles. The zero-order valence-corrected chi connectivity index (χ0v) is 13.2. The van der Waals surface area contributed by atoms with Crippen LogP contribution >= 0.6 is 15.9 Å². The van der Waals surface area contributed by atoms with Gasteiger partial charge in [-0.05, 0) is 45.8 Å². The Morgan fingerprint density at radius 3 is 2.85 bits per heavy atom. The van der Waals surface area contributed by atoms with Crippen molar-refractivity contribution < 1.29 is 0 Å². The fraction of sp³-hybridized carbons (Fsp3) is 0.375. The normalized spacial score (nSPS) is 16.9. The van der Waals surface area contributed by atoms with E-state index in [4.69, 9.17) is 4.98 Å². The number of hydrogen-bond donors (Lipinski definition) is 1. The van der Waals surface area contributed by atoms with Crippen LogP contribution in [0, 0.1) is 5.92 Å². The summed E-state index contributed by atoms with van der Waals surface area (Å²) in [5.74, 6) is 1.51. The lowest BCUT2D eigenvalue weighted by atomic mass is 9.77. The van der Waals surface area contributed by atoms with Crippen molar-refractivity contribution in [2.45, 2.75) is 32.6 Å². The molecular formula is C16H17BrN2O. The molecule has 0 bridgehead atoms. The van der Waals surface area contributed by atoms with Gasteiger partial charge in [-0.3, -0.25) is 4.79 Å². The number of rotatable bonds is 3. The Morgan fingerprint density at radius 1 is 1.40 bits per heavy atom. The van der Waals surface area contributed by atoms with Crippen LogP contribution in [-0.2, 0) is 12.8 Å². The summed E-state index contributed by atoms with van der Waals surface area (Å²) in [7, 11) is 0. The first-order valence-corrected chi connectivity index (χ1v) is 7.72. The molecule has 0 amide bonds. The van der Waals surface area contributed by atoms with Gasteiger partial charge in [-0.15, -0.1) is 0 Å². The van der Waals surface area contributed by atoms with Crippen molar-refractivity contribution in [1.82, 2.24) is 9.97 Å². The molecule has 1 unspecified atom stereocenters. The monoisotopic (exact) mass is 332 g/mol. The van der Waals surface area contributed by atoms with Gasteiger partial charge in [0.05, 0.1) is 5.69 Å². The predicted octanol–water partition coefficient (Wildman–Crippen LogP) is 3.42. The quantitative estimate of drug-likeness (QED) is 0.935. The number of aromatic amines is 1. The van der Waals surface area contributed by atoms with Crippen LogP contribution in [0.5, 0.6) is 0 Å². The SMILES string of the molecule is CC(C)Cc1nc(C2Cc3ccccc32)[nH]c(=O)c1Br. The number of H-pyrrole nitrogens is 1. The third kappa shape index (κ3) is 2.33. The summed E-state index contributed by atoms with van der Waals surface area (Å²) in [5, 5.41) is 0. The first-order chi connectivity index (χ1) is 9.56. The molecule has 0 saturated heterocycles. The van der Waals surface area contributed by atoms with Crippen molar-refractivity contribution in [1.29, 1.82) is 0 Å². The standard InChI is InChI=1S/C16H17BrN2O/c1-9(2)7-13-14(17)16(20)19-15(18-13)12-8-10-5-3-4-6-11(10)12/h3-6,9,12H,7-8H2,1-2H3,(H,18,19,20). The summed E-state index contributed by atoms with van der Waals surface area (Å²) in [5.41, 5.74) is 3.43. The molecule has 1 aliphatic rings. The van der Waals surface area contributed by atoms with Gasteiger partial charge in [0.25, 0.3) is 5.56 Å². The topological polar surface area (TPSA) is 45.8 Å². The molecule has 4 heteroatoms. The van der Waals surface area contributed by atoms with Gasteiger partial charge in [0.1, 0.15) is 10.3 Å². The third-order valence-electron chi connectivity index (χ3n) is 3.74.